The molecule has 2 aromatic carbocycles. The molecule has 2 aliphatic rings. The smallest absolute Gasteiger partial charge is 0.119 e. The Bertz CT molecular complexity index is 821. The summed E-state index contributed by atoms with van der Waals surface area (Å²) < 4.78 is 6.14. The lowest BCUT2D eigenvalue weighted by Crippen LogP contribution is -2.34. The minimum absolute atomic E-state index is 0.631. The monoisotopic (exact) mass is 420 g/mol. The number of piperidine rings is 1. The van der Waals surface area contributed by atoms with Crippen molar-refractivity contribution in [2.45, 2.75) is 64.8 Å². The lowest BCUT2D eigenvalue weighted by atomic mass is 9.89. The van der Waals surface area contributed by atoms with Gasteiger partial charge in [0.1, 0.15) is 5.75 Å². The number of likely N-dealkylation sites (tertiary alicyclic amines) is 1. The standard InChI is InChI=1S/C28H40N2O/c1-22(2)30-18-13-25-9-10-28(21-27(25)14-19-30)31-20-4-15-29-16-11-26(12-17-29)24-7-5-23(3)6-8-24/h5-10,21-22,26H,4,11-20H2,1-3H3. The van der Waals surface area contributed by atoms with Crippen LogP contribution in [0.25, 0.3) is 0 Å². The molecule has 2 aliphatic heterocycles. The van der Waals surface area contributed by atoms with E-state index in [1.165, 1.54) is 54.7 Å². The van der Waals surface area contributed by atoms with Crippen molar-refractivity contribution in [2.75, 3.05) is 39.3 Å². The third-order valence-electron chi connectivity index (χ3n) is 7.27. The number of aryl methyl sites for hydroxylation is 1. The summed E-state index contributed by atoms with van der Waals surface area (Å²) in [5, 5.41) is 0. The topological polar surface area (TPSA) is 15.7 Å². The number of fused-ring (bicyclic) bond motifs is 1. The van der Waals surface area contributed by atoms with Crippen LogP contribution in [0, 0.1) is 6.92 Å². The molecular formula is C28H40N2O. The molecule has 1 saturated heterocycles. The molecule has 3 heteroatoms. The highest BCUT2D eigenvalue weighted by molar-refractivity contribution is 5.37. The summed E-state index contributed by atoms with van der Waals surface area (Å²) in [7, 11) is 0. The van der Waals surface area contributed by atoms with Gasteiger partial charge in [-0.2, -0.15) is 0 Å². The van der Waals surface area contributed by atoms with Gasteiger partial charge in [-0.25, -0.2) is 0 Å². The van der Waals surface area contributed by atoms with Gasteiger partial charge in [0, 0.05) is 25.7 Å². The summed E-state index contributed by atoms with van der Waals surface area (Å²) in [5.41, 5.74) is 5.87. The maximum Gasteiger partial charge on any atom is 0.119 e. The van der Waals surface area contributed by atoms with Crippen molar-refractivity contribution < 1.29 is 4.74 Å². The highest BCUT2D eigenvalue weighted by Gasteiger charge is 2.20. The molecule has 0 spiro atoms. The molecule has 0 atom stereocenters. The lowest BCUT2D eigenvalue weighted by molar-refractivity contribution is 0.193. The number of rotatable bonds is 7. The number of benzene rings is 2. The van der Waals surface area contributed by atoms with Crippen LogP contribution in [-0.2, 0) is 12.8 Å². The van der Waals surface area contributed by atoms with E-state index in [0.29, 0.717) is 6.04 Å². The predicted octanol–water partition coefficient (Wildman–Crippen LogP) is 5.45. The van der Waals surface area contributed by atoms with E-state index >= 15 is 0 Å². The summed E-state index contributed by atoms with van der Waals surface area (Å²) in [4.78, 5) is 5.20. The van der Waals surface area contributed by atoms with E-state index in [-0.39, 0.29) is 0 Å². The average molecular weight is 421 g/mol. The zero-order chi connectivity index (χ0) is 21.6. The van der Waals surface area contributed by atoms with Gasteiger partial charge in [-0.1, -0.05) is 35.9 Å². The highest BCUT2D eigenvalue weighted by Crippen LogP contribution is 2.28. The zero-order valence-electron chi connectivity index (χ0n) is 19.8. The number of hydrogen-bond donors (Lipinski definition) is 0. The molecule has 0 unspecified atom stereocenters. The minimum Gasteiger partial charge on any atom is -0.494 e. The van der Waals surface area contributed by atoms with Gasteiger partial charge >= 0.3 is 0 Å². The van der Waals surface area contributed by atoms with E-state index in [1.54, 1.807) is 0 Å². The van der Waals surface area contributed by atoms with E-state index < -0.39 is 0 Å². The molecule has 0 N–H and O–H groups in total. The summed E-state index contributed by atoms with van der Waals surface area (Å²) in [6.07, 6.45) is 5.96. The van der Waals surface area contributed by atoms with E-state index in [0.717, 1.165) is 50.6 Å². The molecule has 3 nitrogen and oxygen atoms in total. The first-order valence-electron chi connectivity index (χ1n) is 12.4. The first-order chi connectivity index (χ1) is 15.1. The van der Waals surface area contributed by atoms with Gasteiger partial charge in [0.05, 0.1) is 6.61 Å². The maximum atomic E-state index is 6.14. The third-order valence-corrected chi connectivity index (χ3v) is 7.27. The van der Waals surface area contributed by atoms with Crippen molar-refractivity contribution in [3.63, 3.8) is 0 Å². The largest absolute Gasteiger partial charge is 0.494 e. The molecule has 0 amide bonds. The molecular weight excluding hydrogens is 380 g/mol. The lowest BCUT2D eigenvalue weighted by Gasteiger charge is -2.32. The molecule has 2 heterocycles. The van der Waals surface area contributed by atoms with Crippen LogP contribution in [0.15, 0.2) is 42.5 Å². The van der Waals surface area contributed by atoms with E-state index in [2.05, 4.69) is 73.0 Å². The van der Waals surface area contributed by atoms with Crippen LogP contribution in [0.5, 0.6) is 5.75 Å². The van der Waals surface area contributed by atoms with Crippen LogP contribution in [0.4, 0.5) is 0 Å². The quantitative estimate of drug-likeness (QED) is 0.554. The second-order valence-electron chi connectivity index (χ2n) is 9.79. The number of hydrogen-bond acceptors (Lipinski definition) is 3. The van der Waals surface area contributed by atoms with Crippen molar-refractivity contribution in [3.8, 4) is 5.75 Å². The van der Waals surface area contributed by atoms with Gasteiger partial charge in [-0.05, 0) is 101 Å². The summed E-state index contributed by atoms with van der Waals surface area (Å²) in [6.45, 7) is 13.5. The van der Waals surface area contributed by atoms with Crippen molar-refractivity contribution in [1.29, 1.82) is 0 Å². The maximum absolute atomic E-state index is 6.14. The second kappa shape index (κ2) is 10.7. The molecule has 168 valence electrons. The van der Waals surface area contributed by atoms with Crippen molar-refractivity contribution in [2.24, 2.45) is 0 Å². The first-order valence-corrected chi connectivity index (χ1v) is 12.4. The Balaban J connectivity index is 1.18. The van der Waals surface area contributed by atoms with Crippen LogP contribution < -0.4 is 4.74 Å². The van der Waals surface area contributed by atoms with Crippen LogP contribution in [0.2, 0.25) is 0 Å². The van der Waals surface area contributed by atoms with Crippen molar-refractivity contribution in [1.82, 2.24) is 9.80 Å². The van der Waals surface area contributed by atoms with Crippen LogP contribution in [0.3, 0.4) is 0 Å². The second-order valence-corrected chi connectivity index (χ2v) is 9.79. The summed E-state index contributed by atoms with van der Waals surface area (Å²) in [5.74, 6) is 1.79. The van der Waals surface area contributed by atoms with E-state index in [9.17, 15) is 0 Å². The fourth-order valence-corrected chi connectivity index (χ4v) is 5.13. The third kappa shape index (κ3) is 6.11. The Kier molecular flexibility index (Phi) is 7.68. The zero-order valence-corrected chi connectivity index (χ0v) is 19.8. The van der Waals surface area contributed by atoms with Gasteiger partial charge in [-0.3, -0.25) is 0 Å². The molecule has 0 aliphatic carbocycles. The molecule has 0 radical (unpaired) electrons. The Morgan fingerprint density at radius 3 is 2.32 bits per heavy atom. The average Bonchev–Trinajstić information content (AvgIpc) is 3.00. The number of ether oxygens (including phenoxy) is 1. The van der Waals surface area contributed by atoms with Crippen LogP contribution in [-0.4, -0.2) is 55.2 Å². The molecule has 31 heavy (non-hydrogen) atoms. The molecule has 0 aromatic heterocycles. The Hall–Kier alpha value is -1.84. The van der Waals surface area contributed by atoms with Crippen molar-refractivity contribution >= 4 is 0 Å². The Morgan fingerprint density at radius 1 is 0.903 bits per heavy atom. The van der Waals surface area contributed by atoms with Gasteiger partial charge in [0.25, 0.3) is 0 Å². The SMILES string of the molecule is Cc1ccc(C2CCN(CCCOc3ccc4c(c3)CCN(C(C)C)CC4)CC2)cc1. The van der Waals surface area contributed by atoms with Crippen LogP contribution in [0.1, 0.15) is 61.3 Å². The normalized spacial score (nSPS) is 18.7. The van der Waals surface area contributed by atoms with Gasteiger partial charge in [-0.15, -0.1) is 0 Å². The molecule has 2 aromatic rings. The number of nitrogens with zero attached hydrogens (tertiary/aromatic N) is 2. The minimum atomic E-state index is 0.631. The van der Waals surface area contributed by atoms with Gasteiger partial charge in [0.2, 0.25) is 0 Å². The molecule has 1 fully saturated rings. The molecule has 0 saturated carbocycles. The Labute approximate surface area is 189 Å². The van der Waals surface area contributed by atoms with E-state index in [1.807, 2.05) is 0 Å². The predicted molar refractivity (Wildman–Crippen MR) is 130 cm³/mol. The fraction of sp³-hybridized carbons (Fsp3) is 0.571. The first kappa shape index (κ1) is 22.4. The Morgan fingerprint density at radius 2 is 1.61 bits per heavy atom. The highest BCUT2D eigenvalue weighted by atomic mass is 16.5. The van der Waals surface area contributed by atoms with Crippen molar-refractivity contribution in [3.05, 3.63) is 64.7 Å². The molecule has 0 bridgehead atoms. The summed E-state index contributed by atoms with van der Waals surface area (Å²) >= 11 is 0. The van der Waals surface area contributed by atoms with E-state index in [4.69, 9.17) is 4.74 Å². The molecule has 4 rings (SSSR count). The summed E-state index contributed by atoms with van der Waals surface area (Å²) in [6, 6.07) is 16.6. The fourth-order valence-electron chi connectivity index (χ4n) is 5.13. The van der Waals surface area contributed by atoms with Gasteiger partial charge in [0.15, 0.2) is 0 Å². The van der Waals surface area contributed by atoms with Gasteiger partial charge < -0.3 is 14.5 Å². The van der Waals surface area contributed by atoms with Crippen LogP contribution >= 0.6 is 0 Å².